The highest BCUT2D eigenvalue weighted by atomic mass is 16.5. The summed E-state index contributed by atoms with van der Waals surface area (Å²) in [5.41, 5.74) is 1.32. The van der Waals surface area contributed by atoms with Crippen LogP contribution in [0.2, 0.25) is 0 Å². The number of carbonyl (C=O) groups excluding carboxylic acids is 1. The van der Waals surface area contributed by atoms with Crippen molar-refractivity contribution in [3.63, 3.8) is 0 Å². The number of carbonyl (C=O) groups is 1. The molecule has 116 valence electrons. The second-order valence-electron chi connectivity index (χ2n) is 5.26. The predicted octanol–water partition coefficient (Wildman–Crippen LogP) is 1.84. The molecule has 0 atom stereocenters. The average molecular weight is 300 g/mol. The third kappa shape index (κ3) is 3.97. The number of amides is 1. The number of likely N-dealkylation sites (N-methyl/N-ethyl adjacent to an activating group) is 1. The fraction of sp³-hybridized carbons (Fsp3) is 0.294. The number of ether oxygens (including phenoxy) is 1. The number of nitrogens with zero attached hydrogens (tertiary/aromatic N) is 2. The van der Waals surface area contributed by atoms with E-state index in [-0.39, 0.29) is 11.5 Å². The number of pyridine rings is 1. The van der Waals surface area contributed by atoms with Gasteiger partial charge in [0.15, 0.2) is 0 Å². The molecule has 0 unspecified atom stereocenters. The zero-order valence-corrected chi connectivity index (χ0v) is 13.1. The monoisotopic (exact) mass is 300 g/mol. The van der Waals surface area contributed by atoms with E-state index in [1.807, 2.05) is 31.2 Å². The Bertz CT molecular complexity index is 722. The quantitative estimate of drug-likeness (QED) is 0.846. The van der Waals surface area contributed by atoms with Crippen LogP contribution in [0, 0.1) is 6.92 Å². The normalized spacial score (nSPS) is 10.3. The first kappa shape index (κ1) is 15.8. The molecular weight excluding hydrogens is 280 g/mol. The largest absolute Gasteiger partial charge is 0.492 e. The van der Waals surface area contributed by atoms with Gasteiger partial charge < -0.3 is 14.2 Å². The van der Waals surface area contributed by atoms with Crippen LogP contribution in [0.1, 0.15) is 15.9 Å². The summed E-state index contributed by atoms with van der Waals surface area (Å²) in [6.45, 7) is 2.84. The summed E-state index contributed by atoms with van der Waals surface area (Å²) in [6.07, 6.45) is 1.59. The second-order valence-corrected chi connectivity index (χ2v) is 5.26. The minimum absolute atomic E-state index is 0.189. The van der Waals surface area contributed by atoms with Gasteiger partial charge in [-0.15, -0.1) is 0 Å². The molecule has 1 heterocycles. The number of aromatic nitrogens is 1. The van der Waals surface area contributed by atoms with E-state index in [1.54, 1.807) is 31.3 Å². The van der Waals surface area contributed by atoms with Crippen LogP contribution >= 0.6 is 0 Å². The second kappa shape index (κ2) is 6.93. The van der Waals surface area contributed by atoms with Gasteiger partial charge in [-0.3, -0.25) is 9.59 Å². The van der Waals surface area contributed by atoms with Crippen LogP contribution in [0.25, 0.3) is 0 Å². The number of hydrogen-bond acceptors (Lipinski definition) is 3. The van der Waals surface area contributed by atoms with Crippen molar-refractivity contribution in [3.05, 3.63) is 64.1 Å². The minimum Gasteiger partial charge on any atom is -0.492 e. The summed E-state index contributed by atoms with van der Waals surface area (Å²) >= 11 is 0. The van der Waals surface area contributed by atoms with E-state index in [0.717, 1.165) is 11.3 Å². The van der Waals surface area contributed by atoms with Gasteiger partial charge in [-0.1, -0.05) is 12.1 Å². The Labute approximate surface area is 129 Å². The van der Waals surface area contributed by atoms with Gasteiger partial charge in [0.1, 0.15) is 12.4 Å². The SMILES string of the molecule is Cc1cccc(OCCN(C)C(=O)c2ccn(C)c(=O)c2)c1. The summed E-state index contributed by atoms with van der Waals surface area (Å²) < 4.78 is 7.05. The molecule has 1 aromatic carbocycles. The highest BCUT2D eigenvalue weighted by molar-refractivity contribution is 5.93. The molecular formula is C17H20N2O3. The maximum Gasteiger partial charge on any atom is 0.253 e. The summed E-state index contributed by atoms with van der Waals surface area (Å²) in [6, 6.07) is 10.7. The number of aryl methyl sites for hydroxylation is 2. The smallest absolute Gasteiger partial charge is 0.253 e. The Morgan fingerprint density at radius 3 is 2.73 bits per heavy atom. The van der Waals surface area contributed by atoms with Crippen LogP contribution in [0.3, 0.4) is 0 Å². The third-order valence-electron chi connectivity index (χ3n) is 3.38. The summed E-state index contributed by atoms with van der Waals surface area (Å²) in [5.74, 6) is 0.597. The molecule has 22 heavy (non-hydrogen) atoms. The third-order valence-corrected chi connectivity index (χ3v) is 3.38. The van der Waals surface area contributed by atoms with E-state index in [2.05, 4.69) is 0 Å². The topological polar surface area (TPSA) is 51.5 Å². The molecule has 0 bridgehead atoms. The lowest BCUT2D eigenvalue weighted by Crippen LogP contribution is -2.32. The van der Waals surface area contributed by atoms with Crippen molar-refractivity contribution in [1.82, 2.24) is 9.47 Å². The van der Waals surface area contributed by atoms with Gasteiger partial charge >= 0.3 is 0 Å². The summed E-state index contributed by atoms with van der Waals surface area (Å²) in [7, 11) is 3.34. The molecule has 5 heteroatoms. The molecule has 5 nitrogen and oxygen atoms in total. The van der Waals surface area contributed by atoms with E-state index < -0.39 is 0 Å². The van der Waals surface area contributed by atoms with Crippen LogP contribution in [-0.2, 0) is 7.05 Å². The molecule has 2 rings (SSSR count). The highest BCUT2D eigenvalue weighted by Gasteiger charge is 2.12. The molecule has 0 fully saturated rings. The van der Waals surface area contributed by atoms with E-state index in [4.69, 9.17) is 4.74 Å². The van der Waals surface area contributed by atoms with Crippen molar-refractivity contribution in [2.45, 2.75) is 6.92 Å². The minimum atomic E-state index is -0.199. The van der Waals surface area contributed by atoms with E-state index in [9.17, 15) is 9.59 Å². The molecule has 0 saturated heterocycles. The molecule has 0 spiro atoms. The summed E-state index contributed by atoms with van der Waals surface area (Å²) in [5, 5.41) is 0. The zero-order valence-electron chi connectivity index (χ0n) is 13.1. The van der Waals surface area contributed by atoms with Gasteiger partial charge in [0.05, 0.1) is 6.54 Å². The lowest BCUT2D eigenvalue weighted by molar-refractivity contribution is 0.0773. The number of hydrogen-bond donors (Lipinski definition) is 0. The lowest BCUT2D eigenvalue weighted by Gasteiger charge is -2.17. The van der Waals surface area contributed by atoms with Crippen molar-refractivity contribution in [3.8, 4) is 5.75 Å². The van der Waals surface area contributed by atoms with Crippen LogP contribution in [0.4, 0.5) is 0 Å². The Kier molecular flexibility index (Phi) is 4.99. The zero-order chi connectivity index (χ0) is 16.1. The van der Waals surface area contributed by atoms with Crippen LogP contribution in [-0.4, -0.2) is 35.6 Å². The molecule has 1 aromatic heterocycles. The molecule has 0 saturated carbocycles. The van der Waals surface area contributed by atoms with Crippen molar-refractivity contribution < 1.29 is 9.53 Å². The maximum absolute atomic E-state index is 12.2. The van der Waals surface area contributed by atoms with Crippen molar-refractivity contribution in [2.75, 3.05) is 20.2 Å². The average Bonchev–Trinajstić information content (AvgIpc) is 2.49. The number of rotatable bonds is 5. The van der Waals surface area contributed by atoms with Gasteiger partial charge in [0.2, 0.25) is 0 Å². The van der Waals surface area contributed by atoms with E-state index in [0.29, 0.717) is 18.7 Å². The Balaban J connectivity index is 1.91. The lowest BCUT2D eigenvalue weighted by atomic mass is 10.2. The van der Waals surface area contributed by atoms with Crippen molar-refractivity contribution >= 4 is 5.91 Å². The highest BCUT2D eigenvalue weighted by Crippen LogP contribution is 2.12. The van der Waals surface area contributed by atoms with Gasteiger partial charge in [-0.05, 0) is 30.7 Å². The van der Waals surface area contributed by atoms with Gasteiger partial charge in [-0.2, -0.15) is 0 Å². The molecule has 1 amide bonds. The van der Waals surface area contributed by atoms with Crippen molar-refractivity contribution in [1.29, 1.82) is 0 Å². The molecule has 0 aliphatic rings. The van der Waals surface area contributed by atoms with E-state index in [1.165, 1.54) is 10.6 Å². The first-order valence-electron chi connectivity index (χ1n) is 7.09. The van der Waals surface area contributed by atoms with Crippen molar-refractivity contribution in [2.24, 2.45) is 7.05 Å². The standard InChI is InChI=1S/C17H20N2O3/c1-13-5-4-6-15(11-13)22-10-9-19(3)17(21)14-7-8-18(2)16(20)12-14/h4-8,11-12H,9-10H2,1-3H3. The van der Waals surface area contributed by atoms with Crippen LogP contribution in [0.15, 0.2) is 47.4 Å². The van der Waals surface area contributed by atoms with E-state index >= 15 is 0 Å². The Morgan fingerprint density at radius 2 is 2.05 bits per heavy atom. The van der Waals surface area contributed by atoms with Crippen LogP contribution in [0.5, 0.6) is 5.75 Å². The molecule has 0 aliphatic carbocycles. The Hall–Kier alpha value is -2.56. The Morgan fingerprint density at radius 1 is 1.27 bits per heavy atom. The van der Waals surface area contributed by atoms with Crippen LogP contribution < -0.4 is 10.3 Å². The van der Waals surface area contributed by atoms with Gasteiger partial charge in [-0.25, -0.2) is 0 Å². The molecule has 0 radical (unpaired) electrons. The fourth-order valence-electron chi connectivity index (χ4n) is 2.01. The molecule has 0 aliphatic heterocycles. The number of benzene rings is 1. The molecule has 2 aromatic rings. The first-order valence-corrected chi connectivity index (χ1v) is 7.09. The fourth-order valence-corrected chi connectivity index (χ4v) is 2.01. The predicted molar refractivity (Wildman–Crippen MR) is 85.3 cm³/mol. The maximum atomic E-state index is 12.2. The van der Waals surface area contributed by atoms with Gasteiger partial charge in [0, 0.05) is 31.9 Å². The van der Waals surface area contributed by atoms with Gasteiger partial charge in [0.25, 0.3) is 11.5 Å². The molecule has 0 N–H and O–H groups in total. The first-order chi connectivity index (χ1) is 10.5. The summed E-state index contributed by atoms with van der Waals surface area (Å²) in [4.78, 5) is 25.3.